The van der Waals surface area contributed by atoms with Crippen LogP contribution in [0.2, 0.25) is 0 Å². The normalized spacial score (nSPS) is 10.6. The van der Waals surface area contributed by atoms with Crippen molar-refractivity contribution in [3.05, 3.63) is 67.0 Å². The number of hydrogen-bond acceptors (Lipinski definition) is 7. The molecule has 0 spiro atoms. The molecule has 10 heteroatoms. The van der Waals surface area contributed by atoms with E-state index in [1.165, 1.54) is 41.9 Å². The van der Waals surface area contributed by atoms with Gasteiger partial charge in [0.05, 0.1) is 7.11 Å². The van der Waals surface area contributed by atoms with Crippen molar-refractivity contribution in [1.29, 1.82) is 0 Å². The van der Waals surface area contributed by atoms with E-state index in [1.807, 2.05) is 24.3 Å². The fourth-order valence-corrected chi connectivity index (χ4v) is 3.54. The summed E-state index contributed by atoms with van der Waals surface area (Å²) in [5.74, 6) is 0.358. The Kier molecular flexibility index (Phi) is 5.66. The molecule has 4 aromatic rings. The van der Waals surface area contributed by atoms with Crippen LogP contribution in [0.25, 0.3) is 16.3 Å². The van der Waals surface area contributed by atoms with Gasteiger partial charge in [-0.1, -0.05) is 11.3 Å². The van der Waals surface area contributed by atoms with Gasteiger partial charge >= 0.3 is 0 Å². The number of amides is 1. The van der Waals surface area contributed by atoms with Crippen LogP contribution >= 0.6 is 11.3 Å². The van der Waals surface area contributed by atoms with Crippen LogP contribution < -0.4 is 14.8 Å². The van der Waals surface area contributed by atoms with Crippen LogP contribution in [-0.4, -0.2) is 39.4 Å². The highest BCUT2D eigenvalue weighted by Crippen LogP contribution is 2.34. The van der Waals surface area contributed by atoms with E-state index < -0.39 is 0 Å². The van der Waals surface area contributed by atoms with E-state index in [4.69, 9.17) is 9.47 Å². The fourth-order valence-electron chi connectivity index (χ4n) is 2.61. The molecular formula is C20H16FN5O3S. The molecule has 30 heavy (non-hydrogen) atoms. The molecule has 4 rings (SSSR count). The summed E-state index contributed by atoms with van der Waals surface area (Å²) < 4.78 is 25.1. The van der Waals surface area contributed by atoms with E-state index in [-0.39, 0.29) is 18.3 Å². The average Bonchev–Trinajstić information content (AvgIpc) is 3.43. The summed E-state index contributed by atoms with van der Waals surface area (Å²) in [6.07, 6.45) is 2.98. The van der Waals surface area contributed by atoms with Gasteiger partial charge in [-0.15, -0.1) is 0 Å². The smallest absolute Gasteiger partial charge is 0.264 e. The first kappa shape index (κ1) is 19.5. The Morgan fingerprint density at radius 1 is 1.13 bits per heavy atom. The van der Waals surface area contributed by atoms with E-state index in [1.54, 1.807) is 18.1 Å². The molecule has 2 aromatic heterocycles. The minimum atomic E-state index is -0.389. The lowest BCUT2D eigenvalue weighted by atomic mass is 10.1. The predicted octanol–water partition coefficient (Wildman–Crippen LogP) is 3.56. The molecule has 1 N–H and O–H groups in total. The maximum absolute atomic E-state index is 13.0. The van der Waals surface area contributed by atoms with Gasteiger partial charge in [0.15, 0.2) is 11.7 Å². The SMILES string of the molecule is COc1ccc(-c2nc(NC(=O)COc3ccc(F)cc3)sc2-n2cncn2)cc1. The number of anilines is 1. The molecule has 0 saturated carbocycles. The van der Waals surface area contributed by atoms with Crippen molar-refractivity contribution < 1.29 is 18.7 Å². The predicted molar refractivity (Wildman–Crippen MR) is 110 cm³/mol. The minimum absolute atomic E-state index is 0.234. The molecule has 8 nitrogen and oxygen atoms in total. The average molecular weight is 425 g/mol. The molecule has 0 bridgehead atoms. The quantitative estimate of drug-likeness (QED) is 0.487. The zero-order valence-corrected chi connectivity index (χ0v) is 16.6. The first-order valence-corrected chi connectivity index (χ1v) is 9.62. The third-order valence-electron chi connectivity index (χ3n) is 4.03. The number of aromatic nitrogens is 4. The second-order valence-electron chi connectivity index (χ2n) is 6.03. The molecule has 0 saturated heterocycles. The molecule has 0 fully saturated rings. The van der Waals surface area contributed by atoms with Gasteiger partial charge in [-0.05, 0) is 48.5 Å². The van der Waals surface area contributed by atoms with Crippen molar-refractivity contribution in [2.75, 3.05) is 19.0 Å². The molecule has 0 atom stereocenters. The largest absolute Gasteiger partial charge is 0.497 e. The molecule has 2 aromatic carbocycles. The second kappa shape index (κ2) is 8.70. The Labute approximate surface area is 174 Å². The first-order chi connectivity index (χ1) is 14.6. The summed E-state index contributed by atoms with van der Waals surface area (Å²) in [5, 5.41) is 7.98. The van der Waals surface area contributed by atoms with Crippen LogP contribution in [0.15, 0.2) is 61.2 Å². The van der Waals surface area contributed by atoms with Gasteiger partial charge in [0, 0.05) is 5.56 Å². The van der Waals surface area contributed by atoms with Crippen LogP contribution in [0, 0.1) is 5.82 Å². The number of nitrogens with zero attached hydrogens (tertiary/aromatic N) is 4. The van der Waals surface area contributed by atoms with E-state index in [2.05, 4.69) is 20.4 Å². The Morgan fingerprint density at radius 2 is 1.87 bits per heavy atom. The number of carbonyl (C=O) groups excluding carboxylic acids is 1. The van der Waals surface area contributed by atoms with Crippen molar-refractivity contribution in [3.8, 4) is 27.8 Å². The number of halogens is 1. The zero-order chi connectivity index (χ0) is 20.9. The topological polar surface area (TPSA) is 91.2 Å². The Morgan fingerprint density at radius 3 is 2.53 bits per heavy atom. The van der Waals surface area contributed by atoms with Crippen molar-refractivity contribution in [2.24, 2.45) is 0 Å². The van der Waals surface area contributed by atoms with Crippen molar-refractivity contribution in [1.82, 2.24) is 19.7 Å². The van der Waals surface area contributed by atoms with E-state index in [0.717, 1.165) is 11.3 Å². The van der Waals surface area contributed by atoms with Crippen LogP contribution in [-0.2, 0) is 4.79 Å². The van der Waals surface area contributed by atoms with Crippen molar-refractivity contribution in [3.63, 3.8) is 0 Å². The number of methoxy groups -OCH3 is 1. The van der Waals surface area contributed by atoms with Crippen LogP contribution in [0.3, 0.4) is 0 Å². The lowest BCUT2D eigenvalue weighted by molar-refractivity contribution is -0.118. The molecule has 152 valence electrons. The van der Waals surface area contributed by atoms with Gasteiger partial charge in [0.2, 0.25) is 0 Å². The lowest BCUT2D eigenvalue weighted by Gasteiger charge is -2.05. The monoisotopic (exact) mass is 425 g/mol. The van der Waals surface area contributed by atoms with Crippen molar-refractivity contribution in [2.45, 2.75) is 0 Å². The van der Waals surface area contributed by atoms with Crippen LogP contribution in [0.1, 0.15) is 0 Å². The summed E-state index contributed by atoms with van der Waals surface area (Å²) in [5.41, 5.74) is 1.48. The maximum atomic E-state index is 13.0. The van der Waals surface area contributed by atoms with E-state index in [9.17, 15) is 9.18 Å². The third-order valence-corrected chi connectivity index (χ3v) is 4.99. The number of nitrogens with one attached hydrogen (secondary N) is 1. The standard InChI is InChI=1S/C20H16FN5O3S/c1-28-15-6-2-13(3-7-15)18-19(26-12-22-11-23-26)30-20(25-18)24-17(27)10-29-16-8-4-14(21)5-9-16/h2-9,11-12H,10H2,1H3,(H,24,25,27). The number of rotatable bonds is 7. The second-order valence-corrected chi connectivity index (χ2v) is 7.01. The minimum Gasteiger partial charge on any atom is -0.497 e. The maximum Gasteiger partial charge on any atom is 0.264 e. The summed E-state index contributed by atoms with van der Waals surface area (Å²) >= 11 is 1.25. The zero-order valence-electron chi connectivity index (χ0n) is 15.8. The van der Waals surface area contributed by atoms with Gasteiger partial charge < -0.3 is 9.47 Å². The van der Waals surface area contributed by atoms with E-state index in [0.29, 0.717) is 21.6 Å². The van der Waals surface area contributed by atoms with Crippen molar-refractivity contribution >= 4 is 22.4 Å². The number of benzene rings is 2. The number of carbonyl (C=O) groups is 1. The number of thiazole rings is 1. The Hall–Kier alpha value is -3.79. The Balaban J connectivity index is 1.53. The third kappa shape index (κ3) is 4.44. The molecule has 1 amide bonds. The number of ether oxygens (including phenoxy) is 2. The van der Waals surface area contributed by atoms with Crippen LogP contribution in [0.4, 0.5) is 9.52 Å². The van der Waals surface area contributed by atoms with Gasteiger partial charge in [-0.2, -0.15) is 5.10 Å². The highest BCUT2D eigenvalue weighted by molar-refractivity contribution is 7.18. The van der Waals surface area contributed by atoms with E-state index >= 15 is 0 Å². The summed E-state index contributed by atoms with van der Waals surface area (Å²) in [6, 6.07) is 12.8. The number of hydrogen-bond donors (Lipinski definition) is 1. The van der Waals surface area contributed by atoms with Crippen LogP contribution in [0.5, 0.6) is 11.5 Å². The first-order valence-electron chi connectivity index (χ1n) is 8.81. The van der Waals surface area contributed by atoms with Gasteiger partial charge in [0.1, 0.15) is 40.7 Å². The summed E-state index contributed by atoms with van der Waals surface area (Å²) in [4.78, 5) is 20.8. The lowest BCUT2D eigenvalue weighted by Crippen LogP contribution is -2.20. The van der Waals surface area contributed by atoms with Gasteiger partial charge in [-0.25, -0.2) is 19.0 Å². The molecule has 0 radical (unpaired) electrons. The Bertz CT molecular complexity index is 1130. The molecule has 0 aliphatic carbocycles. The summed E-state index contributed by atoms with van der Waals surface area (Å²) in [7, 11) is 1.60. The highest BCUT2D eigenvalue weighted by Gasteiger charge is 2.17. The molecule has 0 aliphatic heterocycles. The molecule has 0 unspecified atom stereocenters. The van der Waals surface area contributed by atoms with Gasteiger partial charge in [0.25, 0.3) is 5.91 Å². The fraction of sp³-hybridized carbons (Fsp3) is 0.100. The molecule has 0 aliphatic rings. The molecular weight excluding hydrogens is 409 g/mol. The highest BCUT2D eigenvalue weighted by atomic mass is 32.1. The summed E-state index contributed by atoms with van der Waals surface area (Å²) in [6.45, 7) is -0.234. The van der Waals surface area contributed by atoms with Gasteiger partial charge in [-0.3, -0.25) is 10.1 Å². The molecule has 2 heterocycles.